The predicted octanol–water partition coefficient (Wildman–Crippen LogP) is 2.64. The topological polar surface area (TPSA) is 93.8 Å². The fourth-order valence-corrected chi connectivity index (χ4v) is 4.07. The number of morpholine rings is 1. The van der Waals surface area contributed by atoms with E-state index in [-0.39, 0.29) is 24.1 Å². The van der Waals surface area contributed by atoms with Crippen molar-refractivity contribution in [2.45, 2.75) is 26.3 Å². The molecular formula is C24H26N6O3. The van der Waals surface area contributed by atoms with Crippen molar-refractivity contribution in [2.75, 3.05) is 36.5 Å². The zero-order valence-electron chi connectivity index (χ0n) is 18.7. The van der Waals surface area contributed by atoms with Crippen molar-refractivity contribution in [3.05, 3.63) is 64.8 Å². The number of fused-ring (bicyclic) bond motifs is 3. The molecule has 170 valence electrons. The molecule has 0 spiro atoms. The summed E-state index contributed by atoms with van der Waals surface area (Å²) in [5, 5.41) is 8.07. The van der Waals surface area contributed by atoms with Gasteiger partial charge in [-0.15, -0.1) is 5.10 Å². The van der Waals surface area contributed by atoms with E-state index in [1.54, 1.807) is 0 Å². The molecule has 3 heterocycles. The molecule has 0 atom stereocenters. The summed E-state index contributed by atoms with van der Waals surface area (Å²) >= 11 is 0. The smallest absolute Gasteiger partial charge is 0.351 e. The lowest BCUT2D eigenvalue weighted by Gasteiger charge is -2.28. The normalized spacial score (nSPS) is 14.3. The summed E-state index contributed by atoms with van der Waals surface area (Å²) in [6.45, 7) is 6.97. The maximum atomic E-state index is 13.2. The van der Waals surface area contributed by atoms with Crippen LogP contribution in [0.15, 0.2) is 53.3 Å². The van der Waals surface area contributed by atoms with Crippen LogP contribution in [0.5, 0.6) is 0 Å². The Morgan fingerprint density at radius 3 is 2.55 bits per heavy atom. The first-order chi connectivity index (χ1) is 16.0. The van der Waals surface area contributed by atoms with Gasteiger partial charge in [0, 0.05) is 35.8 Å². The summed E-state index contributed by atoms with van der Waals surface area (Å²) in [4.78, 5) is 32.9. The van der Waals surface area contributed by atoms with Crippen LogP contribution < -0.4 is 15.9 Å². The molecule has 1 amide bonds. The summed E-state index contributed by atoms with van der Waals surface area (Å²) in [5.41, 5.74) is 2.54. The maximum absolute atomic E-state index is 13.2. The number of rotatable bonds is 5. The van der Waals surface area contributed by atoms with Crippen LogP contribution in [0.25, 0.3) is 16.6 Å². The second-order valence-corrected chi connectivity index (χ2v) is 8.44. The molecule has 0 bridgehead atoms. The third-order valence-corrected chi connectivity index (χ3v) is 5.82. The van der Waals surface area contributed by atoms with Gasteiger partial charge in [0.05, 0.1) is 18.7 Å². The Kier molecular flexibility index (Phi) is 5.55. The quantitative estimate of drug-likeness (QED) is 0.507. The molecule has 9 nitrogen and oxygen atoms in total. The van der Waals surface area contributed by atoms with E-state index >= 15 is 0 Å². The fourth-order valence-electron chi connectivity index (χ4n) is 4.07. The molecule has 1 aliphatic heterocycles. The minimum Gasteiger partial charge on any atom is -0.378 e. The highest BCUT2D eigenvalue weighted by atomic mass is 16.5. The van der Waals surface area contributed by atoms with Crippen molar-refractivity contribution in [1.82, 2.24) is 19.2 Å². The third kappa shape index (κ3) is 4.07. The molecule has 33 heavy (non-hydrogen) atoms. The van der Waals surface area contributed by atoms with Crippen molar-refractivity contribution in [2.24, 2.45) is 0 Å². The van der Waals surface area contributed by atoms with Gasteiger partial charge in [-0.3, -0.25) is 9.36 Å². The van der Waals surface area contributed by atoms with E-state index < -0.39 is 0 Å². The number of nitrogens with one attached hydrogen (secondary N) is 1. The Hall–Kier alpha value is -3.72. The van der Waals surface area contributed by atoms with Crippen LogP contribution in [-0.4, -0.2) is 51.4 Å². The largest absolute Gasteiger partial charge is 0.378 e. The SMILES string of the molecule is CC(C)c1nc2c3ccccc3n(CC(=O)Nc3ccc(N4CCOCC4)cc3)c(=O)n2n1. The minimum absolute atomic E-state index is 0.0836. The highest BCUT2D eigenvalue weighted by Crippen LogP contribution is 2.21. The van der Waals surface area contributed by atoms with Crippen LogP contribution in [0.3, 0.4) is 0 Å². The molecule has 5 rings (SSSR count). The van der Waals surface area contributed by atoms with Crippen molar-refractivity contribution >= 4 is 33.8 Å². The molecule has 9 heteroatoms. The van der Waals surface area contributed by atoms with Gasteiger partial charge in [0.25, 0.3) is 0 Å². The highest BCUT2D eigenvalue weighted by Gasteiger charge is 2.18. The van der Waals surface area contributed by atoms with E-state index in [9.17, 15) is 9.59 Å². The van der Waals surface area contributed by atoms with Gasteiger partial charge in [0.15, 0.2) is 11.5 Å². The number of nitrogens with zero attached hydrogens (tertiary/aromatic N) is 5. The van der Waals surface area contributed by atoms with E-state index in [1.165, 1.54) is 9.08 Å². The van der Waals surface area contributed by atoms with Crippen molar-refractivity contribution in [1.29, 1.82) is 0 Å². The number of anilines is 2. The predicted molar refractivity (Wildman–Crippen MR) is 127 cm³/mol. The Balaban J connectivity index is 1.42. The average Bonchev–Trinajstić information content (AvgIpc) is 3.29. The Morgan fingerprint density at radius 2 is 1.82 bits per heavy atom. The molecule has 1 aliphatic rings. The third-order valence-electron chi connectivity index (χ3n) is 5.82. The lowest BCUT2D eigenvalue weighted by molar-refractivity contribution is -0.116. The second-order valence-electron chi connectivity index (χ2n) is 8.44. The molecule has 4 aromatic rings. The summed E-state index contributed by atoms with van der Waals surface area (Å²) < 4.78 is 8.13. The summed E-state index contributed by atoms with van der Waals surface area (Å²) in [5.74, 6) is 0.394. The number of para-hydroxylation sites is 1. The van der Waals surface area contributed by atoms with Gasteiger partial charge in [0.1, 0.15) is 6.54 Å². The van der Waals surface area contributed by atoms with Crippen molar-refractivity contribution in [3.63, 3.8) is 0 Å². The number of hydrogen-bond acceptors (Lipinski definition) is 6. The minimum atomic E-state index is -0.388. The molecule has 0 saturated carbocycles. The van der Waals surface area contributed by atoms with Crippen LogP contribution in [0, 0.1) is 0 Å². The van der Waals surface area contributed by atoms with Gasteiger partial charge in [0.2, 0.25) is 5.91 Å². The number of amides is 1. The first-order valence-electron chi connectivity index (χ1n) is 11.1. The number of carbonyl (C=O) groups excluding carboxylic acids is 1. The van der Waals surface area contributed by atoms with Crippen LogP contribution in [0.1, 0.15) is 25.6 Å². The van der Waals surface area contributed by atoms with Gasteiger partial charge in [-0.05, 0) is 36.4 Å². The average molecular weight is 447 g/mol. The van der Waals surface area contributed by atoms with E-state index in [1.807, 2.05) is 62.4 Å². The second kappa shape index (κ2) is 8.67. The van der Waals surface area contributed by atoms with E-state index in [0.717, 1.165) is 37.4 Å². The Morgan fingerprint density at radius 1 is 1.09 bits per heavy atom. The van der Waals surface area contributed by atoms with Gasteiger partial charge < -0.3 is 15.0 Å². The van der Waals surface area contributed by atoms with Gasteiger partial charge in [-0.25, -0.2) is 9.78 Å². The Labute approximate surface area is 190 Å². The Bertz CT molecular complexity index is 1370. The standard InChI is InChI=1S/C24H26N6O3/c1-16(2)22-26-23-19-5-3-4-6-20(19)29(24(32)30(23)27-22)15-21(31)25-17-7-9-18(10-8-17)28-11-13-33-14-12-28/h3-10,16H,11-15H2,1-2H3,(H,25,31). The highest BCUT2D eigenvalue weighted by molar-refractivity contribution is 5.94. The lowest BCUT2D eigenvalue weighted by Crippen LogP contribution is -2.36. The van der Waals surface area contributed by atoms with E-state index in [2.05, 4.69) is 20.3 Å². The maximum Gasteiger partial charge on any atom is 0.351 e. The molecule has 1 fully saturated rings. The van der Waals surface area contributed by atoms with Crippen molar-refractivity contribution in [3.8, 4) is 0 Å². The van der Waals surface area contributed by atoms with Crippen LogP contribution in [-0.2, 0) is 16.1 Å². The molecule has 0 unspecified atom stereocenters. The molecule has 0 radical (unpaired) electrons. The number of hydrogen-bond donors (Lipinski definition) is 1. The van der Waals surface area contributed by atoms with Gasteiger partial charge >= 0.3 is 5.69 Å². The molecule has 0 aliphatic carbocycles. The molecular weight excluding hydrogens is 420 g/mol. The van der Waals surface area contributed by atoms with E-state index in [4.69, 9.17) is 4.74 Å². The number of benzene rings is 2. The number of aromatic nitrogens is 4. The zero-order valence-corrected chi connectivity index (χ0v) is 18.7. The van der Waals surface area contributed by atoms with Crippen LogP contribution in [0.4, 0.5) is 11.4 Å². The molecule has 1 saturated heterocycles. The summed E-state index contributed by atoms with van der Waals surface area (Å²) in [7, 11) is 0. The zero-order chi connectivity index (χ0) is 22.9. The number of ether oxygens (including phenoxy) is 1. The molecule has 1 N–H and O–H groups in total. The first-order valence-corrected chi connectivity index (χ1v) is 11.1. The van der Waals surface area contributed by atoms with Crippen LogP contribution in [0.2, 0.25) is 0 Å². The number of carbonyl (C=O) groups is 1. The first kappa shape index (κ1) is 21.1. The summed E-state index contributed by atoms with van der Waals surface area (Å²) in [6.07, 6.45) is 0. The lowest BCUT2D eigenvalue weighted by atomic mass is 10.2. The van der Waals surface area contributed by atoms with E-state index in [0.29, 0.717) is 22.7 Å². The monoisotopic (exact) mass is 446 g/mol. The van der Waals surface area contributed by atoms with Gasteiger partial charge in [-0.1, -0.05) is 26.0 Å². The van der Waals surface area contributed by atoms with Gasteiger partial charge in [-0.2, -0.15) is 4.52 Å². The fraction of sp³-hybridized carbons (Fsp3) is 0.333. The molecule has 2 aromatic carbocycles. The molecule has 2 aromatic heterocycles. The van der Waals surface area contributed by atoms with Crippen LogP contribution >= 0.6 is 0 Å². The van der Waals surface area contributed by atoms with Crippen molar-refractivity contribution < 1.29 is 9.53 Å². The summed E-state index contributed by atoms with van der Waals surface area (Å²) in [6, 6.07) is 15.2.